The van der Waals surface area contributed by atoms with Crippen LogP contribution >= 0.6 is 11.6 Å². The molecule has 2 N–H and O–H groups in total. The number of carbonyl (C=O) groups excluding carboxylic acids is 2. The van der Waals surface area contributed by atoms with Gasteiger partial charge in [0.15, 0.2) is 5.76 Å². The minimum absolute atomic E-state index is 0.137. The molecule has 0 radical (unpaired) electrons. The molecule has 126 valence electrons. The summed E-state index contributed by atoms with van der Waals surface area (Å²) in [6, 6.07) is 10.1. The maximum atomic E-state index is 12.3. The predicted octanol–water partition coefficient (Wildman–Crippen LogP) is 3.62. The topological polar surface area (TPSA) is 71.3 Å². The van der Waals surface area contributed by atoms with Crippen molar-refractivity contribution in [1.82, 2.24) is 10.6 Å². The van der Waals surface area contributed by atoms with Crippen molar-refractivity contribution in [2.45, 2.75) is 19.8 Å². The zero-order valence-corrected chi connectivity index (χ0v) is 14.1. The number of halogens is 1. The molecule has 5 nitrogen and oxygen atoms in total. The summed E-state index contributed by atoms with van der Waals surface area (Å²) in [4.78, 5) is 24.5. The molecule has 2 amide bonds. The molecule has 24 heavy (non-hydrogen) atoms. The second-order valence-corrected chi connectivity index (χ2v) is 5.59. The molecule has 2 rings (SSSR count). The summed E-state index contributed by atoms with van der Waals surface area (Å²) in [6.45, 7) is 2.58. The Morgan fingerprint density at radius 3 is 2.58 bits per heavy atom. The molecule has 0 atom stereocenters. The van der Waals surface area contributed by atoms with Crippen LogP contribution in [0.1, 0.15) is 35.9 Å². The van der Waals surface area contributed by atoms with Crippen molar-refractivity contribution >= 4 is 29.5 Å². The van der Waals surface area contributed by atoms with Crippen LogP contribution < -0.4 is 10.6 Å². The molecule has 0 fully saturated rings. The minimum Gasteiger partial charge on any atom is -0.459 e. The van der Waals surface area contributed by atoms with Gasteiger partial charge in [0.05, 0.1) is 6.26 Å². The van der Waals surface area contributed by atoms with Gasteiger partial charge in [-0.15, -0.1) is 0 Å². The van der Waals surface area contributed by atoms with E-state index in [1.165, 1.54) is 12.3 Å². The van der Waals surface area contributed by atoms with E-state index in [4.69, 9.17) is 16.0 Å². The molecule has 0 aliphatic rings. The number of rotatable bonds is 7. The van der Waals surface area contributed by atoms with Crippen LogP contribution in [0.3, 0.4) is 0 Å². The van der Waals surface area contributed by atoms with Crippen molar-refractivity contribution in [3.63, 3.8) is 0 Å². The van der Waals surface area contributed by atoms with E-state index in [1.54, 1.807) is 36.4 Å². The van der Waals surface area contributed by atoms with Crippen LogP contribution in [-0.2, 0) is 4.79 Å². The first-order chi connectivity index (χ1) is 11.6. The smallest absolute Gasteiger partial charge is 0.291 e. The van der Waals surface area contributed by atoms with Gasteiger partial charge < -0.3 is 15.1 Å². The lowest BCUT2D eigenvalue weighted by Gasteiger charge is -2.10. The van der Waals surface area contributed by atoms with E-state index < -0.39 is 5.91 Å². The van der Waals surface area contributed by atoms with Crippen LogP contribution in [0.15, 0.2) is 52.8 Å². The van der Waals surface area contributed by atoms with Gasteiger partial charge in [-0.3, -0.25) is 9.59 Å². The highest BCUT2D eigenvalue weighted by Gasteiger charge is 2.15. The normalized spacial score (nSPS) is 11.2. The van der Waals surface area contributed by atoms with Gasteiger partial charge in [0.2, 0.25) is 0 Å². The molecule has 1 aromatic heterocycles. The highest BCUT2D eigenvalue weighted by atomic mass is 35.5. The Bertz CT molecular complexity index is 706. The molecular formula is C18H19ClN2O3. The quantitative estimate of drug-likeness (QED) is 0.594. The van der Waals surface area contributed by atoms with Crippen LogP contribution in [0.4, 0.5) is 0 Å². The highest BCUT2D eigenvalue weighted by Crippen LogP contribution is 2.12. The van der Waals surface area contributed by atoms with Crippen molar-refractivity contribution in [1.29, 1.82) is 0 Å². The maximum absolute atomic E-state index is 12.3. The number of benzene rings is 1. The van der Waals surface area contributed by atoms with E-state index in [0.717, 1.165) is 18.4 Å². The summed E-state index contributed by atoms with van der Waals surface area (Å²) >= 11 is 5.87. The van der Waals surface area contributed by atoms with Crippen LogP contribution in [-0.4, -0.2) is 18.4 Å². The Kier molecular flexibility index (Phi) is 6.63. The van der Waals surface area contributed by atoms with E-state index in [9.17, 15) is 9.59 Å². The molecular weight excluding hydrogens is 328 g/mol. The van der Waals surface area contributed by atoms with Gasteiger partial charge in [-0.1, -0.05) is 37.1 Å². The van der Waals surface area contributed by atoms with Crippen LogP contribution in [0, 0.1) is 0 Å². The molecule has 2 aromatic rings. The summed E-state index contributed by atoms with van der Waals surface area (Å²) < 4.78 is 5.05. The van der Waals surface area contributed by atoms with Crippen molar-refractivity contribution in [2.24, 2.45) is 0 Å². The van der Waals surface area contributed by atoms with Crippen molar-refractivity contribution < 1.29 is 14.0 Å². The Hall–Kier alpha value is -2.53. The van der Waals surface area contributed by atoms with Crippen LogP contribution in [0.25, 0.3) is 6.08 Å². The maximum Gasteiger partial charge on any atom is 0.291 e. The Morgan fingerprint density at radius 2 is 1.96 bits per heavy atom. The molecule has 0 saturated carbocycles. The third-order valence-electron chi connectivity index (χ3n) is 3.23. The van der Waals surface area contributed by atoms with E-state index in [2.05, 4.69) is 10.6 Å². The second kappa shape index (κ2) is 8.93. The van der Waals surface area contributed by atoms with Gasteiger partial charge >= 0.3 is 0 Å². The largest absolute Gasteiger partial charge is 0.459 e. The Labute approximate surface area is 145 Å². The average molecular weight is 347 g/mol. The lowest BCUT2D eigenvalue weighted by molar-refractivity contribution is -0.117. The number of hydrogen-bond donors (Lipinski definition) is 2. The first kappa shape index (κ1) is 17.8. The van der Waals surface area contributed by atoms with Crippen molar-refractivity contribution in [3.05, 3.63) is 64.7 Å². The number of furan rings is 1. The lowest BCUT2D eigenvalue weighted by Crippen LogP contribution is -2.35. The molecule has 0 saturated heterocycles. The predicted molar refractivity (Wildman–Crippen MR) is 93.5 cm³/mol. The monoisotopic (exact) mass is 346 g/mol. The highest BCUT2D eigenvalue weighted by molar-refractivity contribution is 6.30. The van der Waals surface area contributed by atoms with E-state index in [0.29, 0.717) is 11.6 Å². The van der Waals surface area contributed by atoms with Crippen molar-refractivity contribution in [3.8, 4) is 0 Å². The molecule has 1 aromatic carbocycles. The zero-order chi connectivity index (χ0) is 17.4. The molecule has 1 heterocycles. The Balaban J connectivity index is 2.18. The van der Waals surface area contributed by atoms with Gasteiger partial charge in [-0.2, -0.15) is 0 Å². The Morgan fingerprint density at radius 1 is 1.21 bits per heavy atom. The fraction of sp³-hybridized carbons (Fsp3) is 0.222. The third kappa shape index (κ3) is 5.28. The summed E-state index contributed by atoms with van der Waals surface area (Å²) in [5.74, 6) is -0.692. The van der Waals surface area contributed by atoms with Gasteiger partial charge in [0.1, 0.15) is 5.70 Å². The van der Waals surface area contributed by atoms with E-state index >= 15 is 0 Å². The van der Waals surface area contributed by atoms with Gasteiger partial charge in [-0.25, -0.2) is 0 Å². The first-order valence-electron chi connectivity index (χ1n) is 7.70. The van der Waals surface area contributed by atoms with Crippen LogP contribution in [0.5, 0.6) is 0 Å². The fourth-order valence-electron chi connectivity index (χ4n) is 1.95. The van der Waals surface area contributed by atoms with Gasteiger partial charge in [0, 0.05) is 11.6 Å². The molecule has 0 bridgehead atoms. The van der Waals surface area contributed by atoms with Gasteiger partial charge in [0.25, 0.3) is 11.8 Å². The third-order valence-corrected chi connectivity index (χ3v) is 3.49. The number of carbonyl (C=O) groups is 2. The molecule has 0 unspecified atom stereocenters. The summed E-state index contributed by atoms with van der Waals surface area (Å²) in [7, 11) is 0. The van der Waals surface area contributed by atoms with Crippen LogP contribution in [0.2, 0.25) is 5.02 Å². The average Bonchev–Trinajstić information content (AvgIpc) is 3.11. The molecule has 0 aliphatic heterocycles. The number of unbranched alkanes of at least 4 members (excludes halogenated alkanes) is 1. The van der Waals surface area contributed by atoms with E-state index in [1.807, 2.05) is 6.92 Å². The minimum atomic E-state index is -0.481. The van der Waals surface area contributed by atoms with E-state index in [-0.39, 0.29) is 17.4 Å². The SMILES string of the molecule is CCCCNC(=O)C(=Cc1ccc(Cl)cc1)NC(=O)c1ccco1. The second-order valence-electron chi connectivity index (χ2n) is 5.15. The van der Waals surface area contributed by atoms with Gasteiger partial charge in [-0.05, 0) is 42.3 Å². The number of nitrogens with one attached hydrogen (secondary N) is 2. The van der Waals surface area contributed by atoms with Crippen molar-refractivity contribution in [2.75, 3.05) is 6.54 Å². The number of hydrogen-bond acceptors (Lipinski definition) is 3. The first-order valence-corrected chi connectivity index (χ1v) is 8.08. The zero-order valence-electron chi connectivity index (χ0n) is 13.3. The molecule has 0 spiro atoms. The summed E-state index contributed by atoms with van der Waals surface area (Å²) in [6.07, 6.45) is 4.83. The standard InChI is InChI=1S/C18H19ClN2O3/c1-2-3-10-20-17(22)15(12-13-6-8-14(19)9-7-13)21-18(23)16-5-4-11-24-16/h4-9,11-12H,2-3,10H2,1H3,(H,20,22)(H,21,23). The summed E-state index contributed by atoms with van der Waals surface area (Å²) in [5.41, 5.74) is 0.898. The summed E-state index contributed by atoms with van der Waals surface area (Å²) in [5, 5.41) is 5.98. The molecule has 6 heteroatoms. The molecule has 0 aliphatic carbocycles. The number of amides is 2. The lowest BCUT2D eigenvalue weighted by atomic mass is 10.2. The fourth-order valence-corrected chi connectivity index (χ4v) is 2.08.